The summed E-state index contributed by atoms with van der Waals surface area (Å²) in [6.07, 6.45) is 0.747. The number of hydrogen-bond acceptors (Lipinski definition) is 3. The molecule has 2 aromatic carbocycles. The summed E-state index contributed by atoms with van der Waals surface area (Å²) in [5.74, 6) is 2.48. The lowest BCUT2D eigenvalue weighted by molar-refractivity contribution is 0.192. The molecule has 0 aliphatic heterocycles. The van der Waals surface area contributed by atoms with Crippen molar-refractivity contribution < 1.29 is 9.47 Å². The number of imidazole rings is 1. The van der Waals surface area contributed by atoms with Gasteiger partial charge in [-0.05, 0) is 42.8 Å². The summed E-state index contributed by atoms with van der Waals surface area (Å²) in [5.41, 5.74) is 1.99. The molecule has 1 unspecified atom stereocenters. The molecule has 0 bridgehead atoms. The van der Waals surface area contributed by atoms with E-state index in [1.807, 2.05) is 48.5 Å². The molecular formula is C17H18N2O2. The lowest BCUT2D eigenvalue weighted by Crippen LogP contribution is -2.08. The highest BCUT2D eigenvalue weighted by atomic mass is 16.5. The number of benzene rings is 2. The Bertz CT molecular complexity index is 686. The van der Waals surface area contributed by atoms with E-state index in [0.717, 1.165) is 34.8 Å². The first-order valence-corrected chi connectivity index (χ1v) is 7.05. The third kappa shape index (κ3) is 2.84. The minimum atomic E-state index is -0.0919. The average molecular weight is 282 g/mol. The lowest BCUT2D eigenvalue weighted by Gasteiger charge is -2.15. The highest BCUT2D eigenvalue weighted by molar-refractivity contribution is 5.74. The summed E-state index contributed by atoms with van der Waals surface area (Å²) in [7, 11) is 1.65. The molecule has 0 amide bonds. The molecule has 21 heavy (non-hydrogen) atoms. The lowest BCUT2D eigenvalue weighted by atomic mass is 10.2. The van der Waals surface area contributed by atoms with E-state index in [2.05, 4.69) is 16.9 Å². The third-order valence-electron chi connectivity index (χ3n) is 3.42. The Morgan fingerprint density at radius 3 is 2.43 bits per heavy atom. The van der Waals surface area contributed by atoms with Gasteiger partial charge in [-0.15, -0.1) is 0 Å². The van der Waals surface area contributed by atoms with Crippen molar-refractivity contribution in [3.05, 3.63) is 54.4 Å². The van der Waals surface area contributed by atoms with E-state index in [1.54, 1.807) is 7.11 Å². The van der Waals surface area contributed by atoms with E-state index >= 15 is 0 Å². The number of H-pyrrole nitrogens is 1. The maximum Gasteiger partial charge on any atom is 0.156 e. The summed E-state index contributed by atoms with van der Waals surface area (Å²) in [4.78, 5) is 7.94. The van der Waals surface area contributed by atoms with Crippen molar-refractivity contribution in [3.63, 3.8) is 0 Å². The van der Waals surface area contributed by atoms with Gasteiger partial charge < -0.3 is 14.5 Å². The fourth-order valence-corrected chi connectivity index (χ4v) is 2.28. The second-order valence-corrected chi connectivity index (χ2v) is 4.83. The average Bonchev–Trinajstić information content (AvgIpc) is 2.97. The number of nitrogens with zero attached hydrogens (tertiary/aromatic N) is 1. The molecule has 108 valence electrons. The van der Waals surface area contributed by atoms with Gasteiger partial charge in [-0.1, -0.05) is 19.1 Å². The molecule has 3 aromatic rings. The standard InChI is InChI=1S/C17H18N2O2/c1-3-16(21-13-10-8-12(20-2)9-11-13)17-18-14-6-4-5-7-15(14)19-17/h4-11,16H,3H2,1-2H3,(H,18,19). The number of rotatable bonds is 5. The number of ether oxygens (including phenoxy) is 2. The largest absolute Gasteiger partial charge is 0.497 e. The Morgan fingerprint density at radius 2 is 1.76 bits per heavy atom. The Kier molecular flexibility index (Phi) is 3.77. The number of nitrogens with one attached hydrogen (secondary N) is 1. The second-order valence-electron chi connectivity index (χ2n) is 4.83. The van der Waals surface area contributed by atoms with E-state index < -0.39 is 0 Å². The van der Waals surface area contributed by atoms with Crippen LogP contribution in [0.15, 0.2) is 48.5 Å². The first kappa shape index (κ1) is 13.5. The SMILES string of the molecule is CCC(Oc1ccc(OC)cc1)c1nc2ccccc2[nH]1. The molecule has 4 nitrogen and oxygen atoms in total. The Morgan fingerprint density at radius 1 is 1.05 bits per heavy atom. The molecule has 0 aliphatic carbocycles. The Balaban J connectivity index is 1.83. The highest BCUT2D eigenvalue weighted by Gasteiger charge is 2.15. The molecule has 0 saturated heterocycles. The predicted molar refractivity (Wildman–Crippen MR) is 82.7 cm³/mol. The molecule has 0 radical (unpaired) electrons. The van der Waals surface area contributed by atoms with Gasteiger partial charge in [0.1, 0.15) is 17.3 Å². The number of fused-ring (bicyclic) bond motifs is 1. The van der Waals surface area contributed by atoms with E-state index in [9.17, 15) is 0 Å². The van der Waals surface area contributed by atoms with Gasteiger partial charge in [0.25, 0.3) is 0 Å². The quantitative estimate of drug-likeness (QED) is 0.766. The highest BCUT2D eigenvalue weighted by Crippen LogP contribution is 2.26. The summed E-state index contributed by atoms with van der Waals surface area (Å²) < 4.78 is 11.2. The molecule has 1 aromatic heterocycles. The van der Waals surface area contributed by atoms with Gasteiger partial charge in [0, 0.05) is 0 Å². The van der Waals surface area contributed by atoms with Crippen molar-refractivity contribution in [1.82, 2.24) is 9.97 Å². The Labute approximate surface area is 123 Å². The van der Waals surface area contributed by atoms with Gasteiger partial charge >= 0.3 is 0 Å². The van der Waals surface area contributed by atoms with Crippen molar-refractivity contribution in [1.29, 1.82) is 0 Å². The van der Waals surface area contributed by atoms with Crippen LogP contribution in [-0.4, -0.2) is 17.1 Å². The van der Waals surface area contributed by atoms with Crippen LogP contribution in [0, 0.1) is 0 Å². The van der Waals surface area contributed by atoms with Crippen molar-refractivity contribution in [2.24, 2.45) is 0 Å². The molecule has 1 atom stereocenters. The second kappa shape index (κ2) is 5.87. The molecule has 4 heteroatoms. The summed E-state index contributed by atoms with van der Waals surface area (Å²) in [5, 5.41) is 0. The molecule has 0 aliphatic rings. The third-order valence-corrected chi connectivity index (χ3v) is 3.42. The van der Waals surface area contributed by atoms with Crippen molar-refractivity contribution in [2.45, 2.75) is 19.4 Å². The van der Waals surface area contributed by atoms with Crippen LogP contribution in [-0.2, 0) is 0 Å². The van der Waals surface area contributed by atoms with Gasteiger partial charge in [-0.3, -0.25) is 0 Å². The first-order chi connectivity index (χ1) is 10.3. The molecule has 0 saturated carbocycles. The molecule has 1 heterocycles. The monoisotopic (exact) mass is 282 g/mol. The summed E-state index contributed by atoms with van der Waals surface area (Å²) in [6, 6.07) is 15.6. The maximum atomic E-state index is 6.03. The van der Waals surface area contributed by atoms with Crippen LogP contribution >= 0.6 is 0 Å². The number of aromatic amines is 1. The number of methoxy groups -OCH3 is 1. The van der Waals surface area contributed by atoms with Crippen LogP contribution < -0.4 is 9.47 Å². The minimum absolute atomic E-state index is 0.0919. The topological polar surface area (TPSA) is 47.1 Å². The van der Waals surface area contributed by atoms with Crippen molar-refractivity contribution in [3.8, 4) is 11.5 Å². The van der Waals surface area contributed by atoms with Crippen LogP contribution in [0.5, 0.6) is 11.5 Å². The Hall–Kier alpha value is -2.49. The predicted octanol–water partition coefficient (Wildman–Crippen LogP) is 4.10. The minimum Gasteiger partial charge on any atom is -0.497 e. The van der Waals surface area contributed by atoms with Crippen LogP contribution in [0.3, 0.4) is 0 Å². The smallest absolute Gasteiger partial charge is 0.156 e. The van der Waals surface area contributed by atoms with Gasteiger partial charge in [0.05, 0.1) is 18.1 Å². The van der Waals surface area contributed by atoms with Crippen LogP contribution in [0.2, 0.25) is 0 Å². The van der Waals surface area contributed by atoms with E-state index in [-0.39, 0.29) is 6.10 Å². The maximum absolute atomic E-state index is 6.03. The first-order valence-electron chi connectivity index (χ1n) is 7.05. The zero-order chi connectivity index (χ0) is 14.7. The number of para-hydroxylation sites is 2. The molecule has 3 rings (SSSR count). The molecule has 1 N–H and O–H groups in total. The zero-order valence-corrected chi connectivity index (χ0v) is 12.2. The normalized spacial score (nSPS) is 12.3. The number of aromatic nitrogens is 2. The molecule has 0 fully saturated rings. The van der Waals surface area contributed by atoms with E-state index in [0.29, 0.717) is 0 Å². The van der Waals surface area contributed by atoms with Crippen molar-refractivity contribution in [2.75, 3.05) is 7.11 Å². The fraction of sp³-hybridized carbons (Fsp3) is 0.235. The van der Waals surface area contributed by atoms with Gasteiger partial charge in [-0.25, -0.2) is 4.98 Å². The zero-order valence-electron chi connectivity index (χ0n) is 12.2. The van der Waals surface area contributed by atoms with Crippen LogP contribution in [0.4, 0.5) is 0 Å². The van der Waals surface area contributed by atoms with Gasteiger partial charge in [0.15, 0.2) is 6.10 Å². The van der Waals surface area contributed by atoms with Crippen LogP contribution in [0.25, 0.3) is 11.0 Å². The molecule has 0 spiro atoms. The van der Waals surface area contributed by atoms with Gasteiger partial charge in [-0.2, -0.15) is 0 Å². The summed E-state index contributed by atoms with van der Waals surface area (Å²) in [6.45, 7) is 2.08. The fourth-order valence-electron chi connectivity index (χ4n) is 2.28. The summed E-state index contributed by atoms with van der Waals surface area (Å²) >= 11 is 0. The number of hydrogen-bond donors (Lipinski definition) is 1. The van der Waals surface area contributed by atoms with Gasteiger partial charge in [0.2, 0.25) is 0 Å². The van der Waals surface area contributed by atoms with Crippen LogP contribution in [0.1, 0.15) is 25.3 Å². The van der Waals surface area contributed by atoms with Crippen molar-refractivity contribution >= 4 is 11.0 Å². The van der Waals surface area contributed by atoms with E-state index in [4.69, 9.17) is 9.47 Å². The van der Waals surface area contributed by atoms with E-state index in [1.165, 1.54) is 0 Å². The molecular weight excluding hydrogens is 264 g/mol.